The maximum absolute atomic E-state index is 11.4. The summed E-state index contributed by atoms with van der Waals surface area (Å²) in [5, 5.41) is 13.7. The van der Waals surface area contributed by atoms with Crippen LogP contribution in [-0.4, -0.2) is 4.92 Å². The third kappa shape index (κ3) is 2.23. The summed E-state index contributed by atoms with van der Waals surface area (Å²) in [6.45, 7) is 4.54. The van der Waals surface area contributed by atoms with Crippen LogP contribution in [0.4, 0.5) is 5.69 Å². The van der Waals surface area contributed by atoms with Crippen molar-refractivity contribution in [3.63, 3.8) is 0 Å². The van der Waals surface area contributed by atoms with Crippen molar-refractivity contribution in [1.82, 2.24) is 0 Å². The monoisotopic (exact) mass is 365 g/mol. The predicted molar refractivity (Wildman–Crippen MR) is 114 cm³/mol. The molecule has 0 spiro atoms. The fourth-order valence-corrected chi connectivity index (χ4v) is 4.58. The van der Waals surface area contributed by atoms with Gasteiger partial charge in [-0.25, -0.2) is 0 Å². The van der Waals surface area contributed by atoms with Gasteiger partial charge >= 0.3 is 0 Å². The number of fused-ring (bicyclic) bond motifs is 5. The molecule has 5 rings (SSSR count). The lowest BCUT2D eigenvalue weighted by Gasteiger charge is -2.21. The highest BCUT2D eigenvalue weighted by Crippen LogP contribution is 2.51. The molecule has 0 bridgehead atoms. The molecule has 4 aromatic rings. The Bertz CT molecular complexity index is 1270. The van der Waals surface area contributed by atoms with E-state index in [2.05, 4.69) is 62.4 Å². The Morgan fingerprint density at radius 1 is 0.786 bits per heavy atom. The Kier molecular flexibility index (Phi) is 3.44. The van der Waals surface area contributed by atoms with Crippen molar-refractivity contribution in [2.75, 3.05) is 0 Å². The molecular weight excluding hydrogens is 346 g/mol. The van der Waals surface area contributed by atoms with Gasteiger partial charge in [-0.15, -0.1) is 0 Å². The Morgan fingerprint density at radius 3 is 2.29 bits per heavy atom. The number of benzene rings is 4. The number of nitrogens with zero attached hydrogens (tertiary/aromatic N) is 1. The molecule has 1 aliphatic rings. The van der Waals surface area contributed by atoms with Crippen LogP contribution in [0.5, 0.6) is 0 Å². The quantitative estimate of drug-likeness (QED) is 0.292. The van der Waals surface area contributed by atoms with E-state index in [1.165, 1.54) is 27.6 Å². The summed E-state index contributed by atoms with van der Waals surface area (Å²) in [7, 11) is 0. The van der Waals surface area contributed by atoms with Gasteiger partial charge in [0.05, 0.1) is 10.5 Å². The van der Waals surface area contributed by atoms with Crippen LogP contribution in [0, 0.1) is 10.1 Å². The van der Waals surface area contributed by atoms with Crippen LogP contribution in [0.2, 0.25) is 0 Å². The summed E-state index contributed by atoms with van der Waals surface area (Å²) in [5.41, 5.74) is 6.87. The van der Waals surface area contributed by atoms with Crippen molar-refractivity contribution >= 4 is 16.5 Å². The van der Waals surface area contributed by atoms with Gasteiger partial charge in [0, 0.05) is 11.5 Å². The lowest BCUT2D eigenvalue weighted by molar-refractivity contribution is -0.384. The average Bonchev–Trinajstić information content (AvgIpc) is 2.95. The minimum atomic E-state index is -0.318. The van der Waals surface area contributed by atoms with E-state index < -0.39 is 0 Å². The van der Waals surface area contributed by atoms with Crippen molar-refractivity contribution < 1.29 is 4.92 Å². The van der Waals surface area contributed by atoms with Crippen LogP contribution in [0.3, 0.4) is 0 Å². The van der Waals surface area contributed by atoms with Crippen molar-refractivity contribution in [3.05, 3.63) is 100 Å². The Labute approximate surface area is 163 Å². The molecule has 1 aliphatic carbocycles. The van der Waals surface area contributed by atoms with E-state index in [9.17, 15) is 10.1 Å². The lowest BCUT2D eigenvalue weighted by Crippen LogP contribution is -2.14. The first-order chi connectivity index (χ1) is 13.5. The van der Waals surface area contributed by atoms with E-state index in [0.29, 0.717) is 5.56 Å². The summed E-state index contributed by atoms with van der Waals surface area (Å²) < 4.78 is 0. The zero-order valence-corrected chi connectivity index (χ0v) is 15.8. The summed E-state index contributed by atoms with van der Waals surface area (Å²) in [5.74, 6) is 0. The molecule has 0 saturated heterocycles. The molecular formula is C25H19NO2. The number of hydrogen-bond donors (Lipinski definition) is 0. The first-order valence-corrected chi connectivity index (χ1v) is 9.39. The van der Waals surface area contributed by atoms with Crippen LogP contribution in [0.15, 0.2) is 78.9 Å². The minimum Gasteiger partial charge on any atom is -0.258 e. The highest BCUT2D eigenvalue weighted by molar-refractivity contribution is 6.03. The highest BCUT2D eigenvalue weighted by atomic mass is 16.6. The molecule has 0 unspecified atom stereocenters. The fraction of sp³-hybridized carbons (Fsp3) is 0.120. The molecule has 136 valence electrons. The zero-order valence-electron chi connectivity index (χ0n) is 15.8. The van der Waals surface area contributed by atoms with Gasteiger partial charge in [-0.05, 0) is 50.7 Å². The maximum Gasteiger partial charge on any atom is 0.277 e. The SMILES string of the molecule is CC1(C)c2ccccc2-c2c1ccc1cc(-c3ccccc3[N+](=O)[O-])ccc21. The van der Waals surface area contributed by atoms with Crippen molar-refractivity contribution in [2.24, 2.45) is 0 Å². The van der Waals surface area contributed by atoms with Crippen molar-refractivity contribution in [1.29, 1.82) is 0 Å². The molecule has 0 amide bonds. The maximum atomic E-state index is 11.4. The molecule has 0 aromatic heterocycles. The summed E-state index contributed by atoms with van der Waals surface area (Å²) in [4.78, 5) is 11.1. The second-order valence-electron chi connectivity index (χ2n) is 7.87. The third-order valence-corrected chi connectivity index (χ3v) is 5.97. The fourth-order valence-electron chi connectivity index (χ4n) is 4.58. The Hall–Kier alpha value is -3.46. The first kappa shape index (κ1) is 16.7. The molecule has 0 fully saturated rings. The first-order valence-electron chi connectivity index (χ1n) is 9.39. The van der Waals surface area contributed by atoms with E-state index in [4.69, 9.17) is 0 Å². The summed E-state index contributed by atoms with van der Waals surface area (Å²) >= 11 is 0. The molecule has 0 atom stereocenters. The molecule has 0 aliphatic heterocycles. The molecule has 28 heavy (non-hydrogen) atoms. The van der Waals surface area contributed by atoms with Gasteiger partial charge in [-0.1, -0.05) is 74.5 Å². The van der Waals surface area contributed by atoms with E-state index in [0.717, 1.165) is 10.9 Å². The molecule has 0 radical (unpaired) electrons. The van der Waals surface area contributed by atoms with E-state index in [1.54, 1.807) is 12.1 Å². The number of rotatable bonds is 2. The molecule has 0 saturated carbocycles. The summed E-state index contributed by atoms with van der Waals surface area (Å²) in [6, 6.07) is 26.0. The van der Waals surface area contributed by atoms with E-state index in [-0.39, 0.29) is 16.0 Å². The highest BCUT2D eigenvalue weighted by Gasteiger charge is 2.35. The average molecular weight is 365 g/mol. The molecule has 3 heteroatoms. The van der Waals surface area contributed by atoms with Crippen LogP contribution < -0.4 is 0 Å². The van der Waals surface area contributed by atoms with Gasteiger partial charge in [-0.3, -0.25) is 10.1 Å². The minimum absolute atomic E-state index is 0.0307. The topological polar surface area (TPSA) is 43.1 Å². The third-order valence-electron chi connectivity index (χ3n) is 5.97. The van der Waals surface area contributed by atoms with Gasteiger partial charge < -0.3 is 0 Å². The zero-order chi connectivity index (χ0) is 19.5. The predicted octanol–water partition coefficient (Wildman–Crippen LogP) is 6.72. The van der Waals surface area contributed by atoms with Crippen LogP contribution in [0.25, 0.3) is 33.0 Å². The number of hydrogen-bond acceptors (Lipinski definition) is 2. The second-order valence-corrected chi connectivity index (χ2v) is 7.87. The second kappa shape index (κ2) is 5.77. The van der Waals surface area contributed by atoms with Gasteiger partial charge in [0.25, 0.3) is 5.69 Å². The van der Waals surface area contributed by atoms with Crippen molar-refractivity contribution in [3.8, 4) is 22.3 Å². The number of nitro benzene ring substituents is 1. The molecule has 0 heterocycles. The van der Waals surface area contributed by atoms with E-state index in [1.807, 2.05) is 18.2 Å². The largest absolute Gasteiger partial charge is 0.277 e. The van der Waals surface area contributed by atoms with Crippen LogP contribution in [-0.2, 0) is 5.41 Å². The van der Waals surface area contributed by atoms with Crippen molar-refractivity contribution in [2.45, 2.75) is 19.3 Å². The number of para-hydroxylation sites is 1. The van der Waals surface area contributed by atoms with E-state index >= 15 is 0 Å². The van der Waals surface area contributed by atoms with Crippen LogP contribution in [0.1, 0.15) is 25.0 Å². The molecule has 4 aromatic carbocycles. The Balaban J connectivity index is 1.77. The summed E-state index contributed by atoms with van der Waals surface area (Å²) in [6.07, 6.45) is 0. The standard InChI is InChI=1S/C25H19NO2/c1-25(2)21-9-5-3-8-20(21)24-19-13-11-16(15-17(19)12-14-22(24)25)18-7-4-6-10-23(18)26(27)28/h3-15H,1-2H3. The van der Waals surface area contributed by atoms with Gasteiger partial charge in [-0.2, -0.15) is 0 Å². The lowest BCUT2D eigenvalue weighted by atomic mass is 9.82. The molecule has 3 nitrogen and oxygen atoms in total. The number of nitro groups is 1. The smallest absolute Gasteiger partial charge is 0.258 e. The van der Waals surface area contributed by atoms with Gasteiger partial charge in [0.2, 0.25) is 0 Å². The normalized spacial score (nSPS) is 13.9. The van der Waals surface area contributed by atoms with Crippen LogP contribution >= 0.6 is 0 Å². The van der Waals surface area contributed by atoms with Gasteiger partial charge in [0.15, 0.2) is 0 Å². The van der Waals surface area contributed by atoms with Gasteiger partial charge in [0.1, 0.15) is 0 Å². The molecule has 0 N–H and O–H groups in total. The Morgan fingerprint density at radius 2 is 1.50 bits per heavy atom.